The van der Waals surface area contributed by atoms with E-state index in [4.69, 9.17) is 4.42 Å². The van der Waals surface area contributed by atoms with Crippen LogP contribution in [0.2, 0.25) is 0 Å². The molecule has 0 aliphatic carbocycles. The van der Waals surface area contributed by atoms with Crippen LogP contribution >= 0.6 is 0 Å². The molecule has 0 saturated carbocycles. The fourth-order valence-electron chi connectivity index (χ4n) is 4.04. The van der Waals surface area contributed by atoms with Gasteiger partial charge in [-0.3, -0.25) is 4.79 Å². The highest BCUT2D eigenvalue weighted by molar-refractivity contribution is 7.89. The SMILES string of the molecule is CCCCNC(=O)c1nc(C2CCN(S(=O)(=O)c3ccc(F)c(F)c3)CC2)oc1-c1ccccc1. The molecule has 1 aliphatic rings. The highest BCUT2D eigenvalue weighted by Crippen LogP contribution is 2.34. The number of nitrogens with one attached hydrogen (secondary N) is 1. The van der Waals surface area contributed by atoms with Crippen molar-refractivity contribution in [3.05, 3.63) is 71.8 Å². The van der Waals surface area contributed by atoms with Gasteiger partial charge in [0.2, 0.25) is 10.0 Å². The summed E-state index contributed by atoms with van der Waals surface area (Å²) in [4.78, 5) is 17.1. The van der Waals surface area contributed by atoms with Crippen molar-refractivity contribution in [2.24, 2.45) is 0 Å². The molecular formula is C25H27F2N3O4S. The lowest BCUT2D eigenvalue weighted by molar-refractivity contribution is 0.0949. The minimum Gasteiger partial charge on any atom is -0.440 e. The van der Waals surface area contributed by atoms with Crippen molar-refractivity contribution < 1.29 is 26.4 Å². The maximum absolute atomic E-state index is 13.6. The maximum Gasteiger partial charge on any atom is 0.273 e. The van der Waals surface area contributed by atoms with Gasteiger partial charge in [-0.1, -0.05) is 43.7 Å². The summed E-state index contributed by atoms with van der Waals surface area (Å²) in [6.07, 6.45) is 2.62. The fraction of sp³-hybridized carbons (Fsp3) is 0.360. The maximum atomic E-state index is 13.6. The summed E-state index contributed by atoms with van der Waals surface area (Å²) >= 11 is 0. The Bertz CT molecular complexity index is 1290. The molecule has 0 unspecified atom stereocenters. The molecule has 0 spiro atoms. The molecule has 10 heteroatoms. The van der Waals surface area contributed by atoms with Gasteiger partial charge in [0.25, 0.3) is 5.91 Å². The molecule has 3 aromatic rings. The number of hydrogen-bond acceptors (Lipinski definition) is 5. The Morgan fingerprint density at radius 2 is 1.83 bits per heavy atom. The van der Waals surface area contributed by atoms with Crippen molar-refractivity contribution in [3.8, 4) is 11.3 Å². The van der Waals surface area contributed by atoms with Gasteiger partial charge in [-0.05, 0) is 37.5 Å². The zero-order valence-corrected chi connectivity index (χ0v) is 20.2. The Morgan fingerprint density at radius 1 is 1.11 bits per heavy atom. The normalized spacial score (nSPS) is 15.3. The van der Waals surface area contributed by atoms with Crippen LogP contribution in [0, 0.1) is 11.6 Å². The molecular weight excluding hydrogens is 476 g/mol. The van der Waals surface area contributed by atoms with Crippen LogP contribution in [0.25, 0.3) is 11.3 Å². The third-order valence-electron chi connectivity index (χ3n) is 6.04. The minimum atomic E-state index is -3.97. The summed E-state index contributed by atoms with van der Waals surface area (Å²) in [6, 6.07) is 11.8. The van der Waals surface area contributed by atoms with E-state index >= 15 is 0 Å². The molecule has 1 aliphatic heterocycles. The van der Waals surface area contributed by atoms with Crippen LogP contribution in [0.15, 0.2) is 57.8 Å². The van der Waals surface area contributed by atoms with Crippen molar-refractivity contribution in [2.45, 2.75) is 43.4 Å². The first-order chi connectivity index (χ1) is 16.8. The van der Waals surface area contributed by atoms with Crippen LogP contribution < -0.4 is 5.32 Å². The number of carbonyl (C=O) groups is 1. The van der Waals surface area contributed by atoms with Crippen LogP contribution in [0.4, 0.5) is 8.78 Å². The topological polar surface area (TPSA) is 92.5 Å². The van der Waals surface area contributed by atoms with E-state index in [9.17, 15) is 22.0 Å². The number of rotatable bonds is 8. The quantitative estimate of drug-likeness (QED) is 0.449. The second kappa shape index (κ2) is 10.7. The lowest BCUT2D eigenvalue weighted by Gasteiger charge is -2.29. The van der Waals surface area contributed by atoms with Crippen LogP contribution in [-0.4, -0.2) is 43.2 Å². The Hall–Kier alpha value is -3.11. The van der Waals surface area contributed by atoms with Gasteiger partial charge in [0, 0.05) is 31.1 Å². The van der Waals surface area contributed by atoms with E-state index in [0.717, 1.165) is 30.5 Å². The Kier molecular flexibility index (Phi) is 7.61. The molecule has 1 saturated heterocycles. The molecule has 35 heavy (non-hydrogen) atoms. The number of benzene rings is 2. The molecule has 1 N–H and O–H groups in total. The highest BCUT2D eigenvalue weighted by atomic mass is 32.2. The number of unbranched alkanes of at least 4 members (excludes halogenated alkanes) is 1. The van der Waals surface area contributed by atoms with E-state index < -0.39 is 21.7 Å². The second-order valence-corrected chi connectivity index (χ2v) is 10.4. The molecule has 0 radical (unpaired) electrons. The van der Waals surface area contributed by atoms with Gasteiger partial charge in [-0.25, -0.2) is 22.2 Å². The zero-order valence-electron chi connectivity index (χ0n) is 19.3. The number of sulfonamides is 1. The number of hydrogen-bond donors (Lipinski definition) is 1. The summed E-state index contributed by atoms with van der Waals surface area (Å²) in [6.45, 7) is 2.89. The third kappa shape index (κ3) is 5.43. The molecule has 0 bridgehead atoms. The largest absolute Gasteiger partial charge is 0.440 e. The number of amides is 1. The molecule has 1 fully saturated rings. The number of carbonyl (C=O) groups excluding carboxylic acids is 1. The van der Waals surface area contributed by atoms with Gasteiger partial charge in [0.15, 0.2) is 29.0 Å². The monoisotopic (exact) mass is 503 g/mol. The van der Waals surface area contributed by atoms with E-state index in [1.165, 1.54) is 4.31 Å². The van der Waals surface area contributed by atoms with Crippen molar-refractivity contribution in [3.63, 3.8) is 0 Å². The summed E-state index contributed by atoms with van der Waals surface area (Å²) < 4.78 is 59.9. The highest BCUT2D eigenvalue weighted by Gasteiger charge is 2.33. The number of piperidine rings is 1. The summed E-state index contributed by atoms with van der Waals surface area (Å²) in [5.41, 5.74) is 0.935. The average Bonchev–Trinajstić information content (AvgIpc) is 3.32. The lowest BCUT2D eigenvalue weighted by Crippen LogP contribution is -2.38. The second-order valence-electron chi connectivity index (χ2n) is 8.46. The van der Waals surface area contributed by atoms with E-state index in [1.54, 1.807) is 0 Å². The number of aromatic nitrogens is 1. The first kappa shape index (κ1) is 25.0. The standard InChI is InChI=1S/C25H27F2N3O4S/c1-2-3-13-28-24(31)22-23(17-7-5-4-6-8-17)34-25(29-22)18-11-14-30(15-12-18)35(32,33)19-9-10-20(26)21(27)16-19/h4-10,16,18H,2-3,11-15H2,1H3,(H,28,31). The van der Waals surface area contributed by atoms with Gasteiger partial charge in [-0.2, -0.15) is 4.31 Å². The van der Waals surface area contributed by atoms with E-state index in [1.807, 2.05) is 37.3 Å². The Labute approximate surface area is 203 Å². The molecule has 0 atom stereocenters. The molecule has 2 heterocycles. The van der Waals surface area contributed by atoms with Crippen molar-refractivity contribution in [2.75, 3.05) is 19.6 Å². The lowest BCUT2D eigenvalue weighted by atomic mass is 9.98. The number of oxazole rings is 1. The summed E-state index contributed by atoms with van der Waals surface area (Å²) in [7, 11) is -3.97. The van der Waals surface area contributed by atoms with Gasteiger partial charge in [-0.15, -0.1) is 0 Å². The molecule has 1 amide bonds. The van der Waals surface area contributed by atoms with Gasteiger partial charge in [0.05, 0.1) is 4.90 Å². The molecule has 7 nitrogen and oxygen atoms in total. The van der Waals surface area contributed by atoms with Gasteiger partial charge < -0.3 is 9.73 Å². The number of nitrogens with zero attached hydrogens (tertiary/aromatic N) is 2. The third-order valence-corrected chi connectivity index (χ3v) is 7.94. The minimum absolute atomic E-state index is 0.160. The molecule has 2 aromatic carbocycles. The van der Waals surface area contributed by atoms with Crippen molar-refractivity contribution in [1.29, 1.82) is 0 Å². The van der Waals surface area contributed by atoms with Gasteiger partial charge in [0.1, 0.15) is 0 Å². The van der Waals surface area contributed by atoms with Gasteiger partial charge >= 0.3 is 0 Å². The number of halogens is 2. The molecule has 186 valence electrons. The predicted molar refractivity (Wildman–Crippen MR) is 126 cm³/mol. The Balaban J connectivity index is 1.53. The Morgan fingerprint density at radius 3 is 2.49 bits per heavy atom. The van der Waals surface area contributed by atoms with E-state index in [0.29, 0.717) is 37.1 Å². The average molecular weight is 504 g/mol. The zero-order chi connectivity index (χ0) is 25.0. The van der Waals surface area contributed by atoms with Crippen LogP contribution in [0.1, 0.15) is 54.9 Å². The van der Waals surface area contributed by atoms with Crippen LogP contribution in [0.5, 0.6) is 0 Å². The molecule has 1 aromatic heterocycles. The fourth-order valence-corrected chi connectivity index (χ4v) is 5.52. The van der Waals surface area contributed by atoms with Crippen molar-refractivity contribution in [1.82, 2.24) is 14.6 Å². The smallest absolute Gasteiger partial charge is 0.273 e. The van der Waals surface area contributed by atoms with Crippen LogP contribution in [0.3, 0.4) is 0 Å². The first-order valence-electron chi connectivity index (χ1n) is 11.6. The molecule has 4 rings (SSSR count). The van der Waals surface area contributed by atoms with E-state index in [-0.39, 0.29) is 35.5 Å². The summed E-state index contributed by atoms with van der Waals surface area (Å²) in [5, 5.41) is 2.87. The predicted octanol–water partition coefficient (Wildman–Crippen LogP) is 4.72. The van der Waals surface area contributed by atoms with E-state index in [2.05, 4.69) is 10.3 Å². The first-order valence-corrected chi connectivity index (χ1v) is 13.0. The van der Waals surface area contributed by atoms with Crippen LogP contribution in [-0.2, 0) is 10.0 Å². The van der Waals surface area contributed by atoms with Crippen molar-refractivity contribution >= 4 is 15.9 Å². The summed E-state index contributed by atoms with van der Waals surface area (Å²) in [5.74, 6) is -2.05.